The molecule has 40 heavy (non-hydrogen) atoms. The highest BCUT2D eigenvalue weighted by Crippen LogP contribution is 2.37. The largest absolute Gasteiger partial charge is 0.508 e. The van der Waals surface area contributed by atoms with Gasteiger partial charge in [0.1, 0.15) is 24.1 Å². The fourth-order valence-electron chi connectivity index (χ4n) is 5.49. The Morgan fingerprint density at radius 3 is 2.12 bits per heavy atom. The van der Waals surface area contributed by atoms with Crippen molar-refractivity contribution in [3.8, 4) is 5.75 Å². The average Bonchev–Trinajstić information content (AvgIpc) is 2.89. The molecule has 7 N–H and O–H groups in total. The van der Waals surface area contributed by atoms with Gasteiger partial charge in [-0.05, 0) is 56.2 Å². The van der Waals surface area contributed by atoms with E-state index in [0.717, 1.165) is 6.92 Å². The van der Waals surface area contributed by atoms with E-state index in [1.165, 1.54) is 24.0 Å². The van der Waals surface area contributed by atoms with Gasteiger partial charge in [-0.2, -0.15) is 4.48 Å². The Labute approximate surface area is 234 Å². The third kappa shape index (κ3) is 6.57. The minimum absolute atomic E-state index is 0.0459. The number of aliphatic carboxylic acids is 1. The van der Waals surface area contributed by atoms with Gasteiger partial charge in [0.2, 0.25) is 5.91 Å². The molecule has 1 aliphatic heterocycles. The molecular formula is C28H43N4O8+. The van der Waals surface area contributed by atoms with Crippen molar-refractivity contribution in [1.82, 2.24) is 4.90 Å². The lowest BCUT2D eigenvalue weighted by Gasteiger charge is -2.52. The summed E-state index contributed by atoms with van der Waals surface area (Å²) in [7, 11) is 0. The van der Waals surface area contributed by atoms with E-state index in [2.05, 4.69) is 0 Å². The molecule has 1 fully saturated rings. The quantitative estimate of drug-likeness (QED) is 0.142. The number of piperidine rings is 1. The summed E-state index contributed by atoms with van der Waals surface area (Å²) >= 11 is 0. The van der Waals surface area contributed by atoms with Crippen molar-refractivity contribution in [3.05, 3.63) is 29.8 Å². The van der Waals surface area contributed by atoms with Gasteiger partial charge in [0.05, 0.1) is 6.04 Å². The number of nitrogens with two attached hydrogens (primary N) is 2. The zero-order valence-corrected chi connectivity index (χ0v) is 23.8. The molecule has 8 atom stereocenters. The molecule has 0 aliphatic carbocycles. The first kappa shape index (κ1) is 33.0. The summed E-state index contributed by atoms with van der Waals surface area (Å²) in [5, 5.41) is 30.0. The van der Waals surface area contributed by atoms with Gasteiger partial charge in [-0.3, -0.25) is 14.5 Å². The summed E-state index contributed by atoms with van der Waals surface area (Å²) in [5.74, 6) is -6.43. The van der Waals surface area contributed by atoms with Crippen LogP contribution in [0.2, 0.25) is 0 Å². The maximum Gasteiger partial charge on any atom is 0.351 e. The molecule has 1 saturated heterocycles. The topological polar surface area (TPSA) is 201 Å². The van der Waals surface area contributed by atoms with Crippen LogP contribution >= 0.6 is 0 Å². The Hall–Kier alpha value is -3.19. The highest BCUT2D eigenvalue weighted by atomic mass is 16.4. The number of phenols is 1. The molecule has 0 spiro atoms. The Kier molecular flexibility index (Phi) is 11.1. The fourth-order valence-corrected chi connectivity index (χ4v) is 5.49. The minimum Gasteiger partial charge on any atom is -0.508 e. The second kappa shape index (κ2) is 13.4. The van der Waals surface area contributed by atoms with Crippen LogP contribution in [0.5, 0.6) is 5.75 Å². The molecule has 0 saturated carbocycles. The summed E-state index contributed by atoms with van der Waals surface area (Å²) in [6.07, 6.45) is -2.15. The van der Waals surface area contributed by atoms with Gasteiger partial charge >= 0.3 is 17.8 Å². The number of aliphatic hydroxyl groups is 1. The van der Waals surface area contributed by atoms with Crippen LogP contribution in [0.3, 0.4) is 0 Å². The van der Waals surface area contributed by atoms with Crippen molar-refractivity contribution in [3.63, 3.8) is 0 Å². The lowest BCUT2D eigenvalue weighted by atomic mass is 9.87. The molecule has 0 bridgehead atoms. The summed E-state index contributed by atoms with van der Waals surface area (Å²) in [6, 6.07) is 2.27. The number of amides is 3. The van der Waals surface area contributed by atoms with Gasteiger partial charge in [0, 0.05) is 13.0 Å². The summed E-state index contributed by atoms with van der Waals surface area (Å²) in [5.41, 5.74) is 13.3. The lowest BCUT2D eigenvalue weighted by molar-refractivity contribution is -0.847. The SMILES string of the molecule is CC1CCN(C(=O)C(N)Cc2ccc(O)cc2)[C@@H]([N+](C(=O)C(C)O)(C(=O)[C@@H](N)C(C)C)[C@H](C)C(C=O)C(=O)O)C1. The molecule has 1 heterocycles. The number of hydrogen-bond acceptors (Lipinski definition) is 9. The number of carboxylic acid groups (broad SMARTS) is 1. The first-order valence-corrected chi connectivity index (χ1v) is 13.5. The van der Waals surface area contributed by atoms with Crippen molar-refractivity contribution in [2.75, 3.05) is 6.54 Å². The average molecular weight is 564 g/mol. The van der Waals surface area contributed by atoms with Crippen molar-refractivity contribution >= 4 is 30.0 Å². The molecule has 12 nitrogen and oxygen atoms in total. The number of benzene rings is 1. The maximum absolute atomic E-state index is 14.3. The number of carbonyl (C=O) groups is 5. The molecule has 12 heteroatoms. The van der Waals surface area contributed by atoms with Crippen LogP contribution in [0, 0.1) is 17.8 Å². The van der Waals surface area contributed by atoms with Crippen LogP contribution in [-0.2, 0) is 30.4 Å². The highest BCUT2D eigenvalue weighted by Gasteiger charge is 2.63. The molecule has 0 aromatic heterocycles. The van der Waals surface area contributed by atoms with Gasteiger partial charge in [-0.15, -0.1) is 0 Å². The number of rotatable bonds is 11. The number of imide groups is 1. The molecule has 5 unspecified atom stereocenters. The van der Waals surface area contributed by atoms with Crippen LogP contribution in [0.1, 0.15) is 53.0 Å². The number of aldehydes is 1. The number of carboxylic acids is 1. The Bertz CT molecular complexity index is 1090. The van der Waals surface area contributed by atoms with E-state index >= 15 is 0 Å². The number of hydrogen-bond donors (Lipinski definition) is 5. The second-order valence-corrected chi connectivity index (χ2v) is 11.3. The first-order chi connectivity index (χ1) is 18.6. The predicted octanol–water partition coefficient (Wildman–Crippen LogP) is 0.369. The number of quaternary nitrogens is 1. The normalized spacial score (nSPS) is 22.9. The van der Waals surface area contributed by atoms with Crippen LogP contribution in [0.25, 0.3) is 0 Å². The second-order valence-electron chi connectivity index (χ2n) is 11.3. The monoisotopic (exact) mass is 563 g/mol. The Morgan fingerprint density at radius 1 is 1.07 bits per heavy atom. The molecule has 0 radical (unpaired) electrons. The number of aromatic hydroxyl groups is 1. The smallest absolute Gasteiger partial charge is 0.351 e. The third-order valence-corrected chi connectivity index (χ3v) is 7.98. The summed E-state index contributed by atoms with van der Waals surface area (Å²) < 4.78 is -1.31. The van der Waals surface area contributed by atoms with Gasteiger partial charge < -0.3 is 31.6 Å². The van der Waals surface area contributed by atoms with Crippen molar-refractivity contribution in [2.24, 2.45) is 29.2 Å². The standard InChI is InChI=1S/C28H42N4O8/c1-15(2)24(30)27(38)32(26(37)18(5)34,17(4)21(14-33)28(39)40)23-12-16(3)10-11-31(23)25(36)22(29)13-19-6-8-20(35)9-7-19/h6-9,14-18,21-24,34H,10-13,29-30H2,1-5H3,(H-,35,39,40)/p+1/t16?,17-,18?,21?,22?,23+,24+,32?/m1/s1. The van der Waals surface area contributed by atoms with Crippen molar-refractivity contribution in [1.29, 1.82) is 0 Å². The molecule has 1 aromatic carbocycles. The van der Waals surface area contributed by atoms with Crippen LogP contribution in [-0.4, -0.2) is 91.6 Å². The summed E-state index contributed by atoms with van der Waals surface area (Å²) in [6.45, 7) is 7.74. The maximum atomic E-state index is 14.3. The highest BCUT2D eigenvalue weighted by molar-refractivity contribution is 5.93. The zero-order chi connectivity index (χ0) is 30.5. The third-order valence-electron chi connectivity index (χ3n) is 7.98. The van der Waals surface area contributed by atoms with Crippen molar-refractivity contribution < 1.29 is 43.8 Å². The number of nitrogens with zero attached hydrogens (tertiary/aromatic N) is 2. The Balaban J connectivity index is 2.77. The van der Waals surface area contributed by atoms with Gasteiger partial charge in [-0.1, -0.05) is 32.9 Å². The number of likely N-dealkylation sites (tertiary alicyclic amines) is 1. The molecule has 1 aromatic rings. The molecular weight excluding hydrogens is 520 g/mol. The Morgan fingerprint density at radius 2 is 1.65 bits per heavy atom. The van der Waals surface area contributed by atoms with Crippen molar-refractivity contribution in [2.45, 2.75) is 84.3 Å². The number of carbonyl (C=O) groups excluding carboxylic acids is 4. The predicted molar refractivity (Wildman–Crippen MR) is 145 cm³/mol. The van der Waals surface area contributed by atoms with Crippen LogP contribution in [0.15, 0.2) is 24.3 Å². The molecule has 2 rings (SSSR count). The van der Waals surface area contributed by atoms with Gasteiger partial charge in [0.15, 0.2) is 18.2 Å². The molecule has 222 valence electrons. The van der Waals surface area contributed by atoms with E-state index in [-0.39, 0.29) is 37.3 Å². The van der Waals surface area contributed by atoms with Crippen LogP contribution < -0.4 is 11.5 Å². The zero-order valence-electron chi connectivity index (χ0n) is 23.8. The van der Waals surface area contributed by atoms with E-state index in [1.54, 1.807) is 26.0 Å². The van der Waals surface area contributed by atoms with E-state index in [4.69, 9.17) is 11.5 Å². The minimum atomic E-state index is -1.81. The van der Waals surface area contributed by atoms with Gasteiger partial charge in [0.25, 0.3) is 0 Å². The molecule has 1 aliphatic rings. The molecule has 3 amide bonds. The van der Waals surface area contributed by atoms with E-state index in [1.807, 2.05) is 6.92 Å². The number of aliphatic hydroxyl groups excluding tert-OH is 1. The van der Waals surface area contributed by atoms with Gasteiger partial charge in [-0.25, -0.2) is 9.59 Å². The fraction of sp³-hybridized carbons (Fsp3) is 0.607. The van der Waals surface area contributed by atoms with E-state index in [0.29, 0.717) is 12.0 Å². The number of phenolic OH excluding ortho intramolecular Hbond substituents is 1. The first-order valence-electron chi connectivity index (χ1n) is 13.5. The van der Waals surface area contributed by atoms with E-state index in [9.17, 15) is 39.3 Å². The summed E-state index contributed by atoms with van der Waals surface area (Å²) in [4.78, 5) is 67.7. The van der Waals surface area contributed by atoms with Crippen LogP contribution in [0.4, 0.5) is 0 Å². The lowest BCUT2D eigenvalue weighted by Crippen LogP contribution is -2.79. The van der Waals surface area contributed by atoms with E-state index < -0.39 is 70.4 Å².